The first kappa shape index (κ1) is 24.9. The zero-order chi connectivity index (χ0) is 25.3. The van der Waals surface area contributed by atoms with Gasteiger partial charge in [0.15, 0.2) is 0 Å². The van der Waals surface area contributed by atoms with Gasteiger partial charge in [0.05, 0.1) is 12.5 Å². The molecule has 1 atom stereocenters. The minimum absolute atomic E-state index is 0.100. The summed E-state index contributed by atoms with van der Waals surface area (Å²) in [5.74, 6) is 2.13. The summed E-state index contributed by atoms with van der Waals surface area (Å²) in [7, 11) is 0. The molecule has 5 nitrogen and oxygen atoms in total. The molecular formula is C31H39NO4. The fourth-order valence-corrected chi connectivity index (χ4v) is 7.60. The number of rotatable bonds is 10. The summed E-state index contributed by atoms with van der Waals surface area (Å²) < 4.78 is 5.77. The second-order valence-corrected chi connectivity index (χ2v) is 11.5. The van der Waals surface area contributed by atoms with Crippen molar-refractivity contribution in [2.24, 2.45) is 23.7 Å². The molecular weight excluding hydrogens is 450 g/mol. The van der Waals surface area contributed by atoms with Crippen LogP contribution in [0, 0.1) is 23.7 Å². The van der Waals surface area contributed by atoms with Gasteiger partial charge in [-0.3, -0.25) is 9.59 Å². The van der Waals surface area contributed by atoms with E-state index in [2.05, 4.69) is 17.4 Å². The number of benzene rings is 2. The van der Waals surface area contributed by atoms with E-state index in [9.17, 15) is 14.7 Å². The molecule has 0 aliphatic heterocycles. The second kappa shape index (κ2) is 10.3. The molecule has 0 heterocycles. The maximum Gasteiger partial charge on any atom is 0.306 e. The van der Waals surface area contributed by atoms with Gasteiger partial charge in [0.1, 0.15) is 5.75 Å². The van der Waals surface area contributed by atoms with Crippen LogP contribution in [0.5, 0.6) is 5.75 Å². The van der Waals surface area contributed by atoms with Crippen LogP contribution in [0.4, 0.5) is 0 Å². The van der Waals surface area contributed by atoms with Gasteiger partial charge in [0.25, 0.3) is 5.91 Å². The lowest BCUT2D eigenvalue weighted by atomic mass is 9.48. The van der Waals surface area contributed by atoms with E-state index in [1.54, 1.807) is 0 Å². The molecule has 6 rings (SSSR count). The van der Waals surface area contributed by atoms with Crippen LogP contribution in [0.3, 0.4) is 0 Å². The Morgan fingerprint density at radius 2 is 1.64 bits per heavy atom. The fraction of sp³-hybridized carbons (Fsp3) is 0.548. The van der Waals surface area contributed by atoms with E-state index in [4.69, 9.17) is 4.74 Å². The standard InChI is InChI=1S/C31H39NO4/c1-3-24(30(34)35)14-20-5-10-28(36-4-2)26(15-20)19-32-29(33)25-6-8-27(9-7-25)31-16-21-11-22(17-31)13-23(12-21)18-31/h5-10,15,21-24H,3-4,11-14,16-19H2,1-2H3,(H,32,33)(H,34,35)/t21?,22?,23?,24-,31?/m0/s1. The minimum Gasteiger partial charge on any atom is -0.494 e. The summed E-state index contributed by atoms with van der Waals surface area (Å²) in [6, 6.07) is 14.1. The van der Waals surface area contributed by atoms with E-state index in [-0.39, 0.29) is 5.91 Å². The normalized spacial score (nSPS) is 27.0. The van der Waals surface area contributed by atoms with Gasteiger partial charge in [0.2, 0.25) is 0 Å². The third-order valence-electron chi connectivity index (χ3n) is 8.99. The summed E-state index contributed by atoms with van der Waals surface area (Å²) in [6.07, 6.45) is 9.30. The summed E-state index contributed by atoms with van der Waals surface area (Å²) >= 11 is 0. The highest BCUT2D eigenvalue weighted by molar-refractivity contribution is 5.94. The molecule has 4 aliphatic rings. The van der Waals surface area contributed by atoms with Crippen molar-refractivity contribution >= 4 is 11.9 Å². The van der Waals surface area contributed by atoms with Gasteiger partial charge in [0, 0.05) is 17.7 Å². The Balaban J connectivity index is 1.26. The smallest absolute Gasteiger partial charge is 0.306 e. The molecule has 36 heavy (non-hydrogen) atoms. The molecule has 2 N–H and O–H groups in total. The van der Waals surface area contributed by atoms with E-state index in [0.717, 1.165) is 34.6 Å². The van der Waals surface area contributed by atoms with Crippen LogP contribution < -0.4 is 10.1 Å². The van der Waals surface area contributed by atoms with Crippen LogP contribution in [0.2, 0.25) is 0 Å². The third-order valence-corrected chi connectivity index (χ3v) is 8.99. The molecule has 4 aliphatic carbocycles. The molecule has 0 unspecified atom stereocenters. The highest BCUT2D eigenvalue weighted by Crippen LogP contribution is 2.60. The lowest BCUT2D eigenvalue weighted by Crippen LogP contribution is -2.48. The maximum absolute atomic E-state index is 13.0. The number of ether oxygens (including phenoxy) is 1. The van der Waals surface area contributed by atoms with Crippen LogP contribution in [0.25, 0.3) is 0 Å². The molecule has 2 aromatic carbocycles. The Morgan fingerprint density at radius 1 is 1.00 bits per heavy atom. The van der Waals surface area contributed by atoms with Gasteiger partial charge in [-0.15, -0.1) is 0 Å². The lowest BCUT2D eigenvalue weighted by molar-refractivity contribution is -0.141. The first-order chi connectivity index (χ1) is 17.4. The zero-order valence-corrected chi connectivity index (χ0v) is 21.6. The average molecular weight is 490 g/mol. The van der Waals surface area contributed by atoms with Gasteiger partial charge in [-0.05, 0) is 111 Å². The second-order valence-electron chi connectivity index (χ2n) is 11.5. The predicted octanol–water partition coefficient (Wildman–Crippen LogP) is 6.14. The lowest BCUT2D eigenvalue weighted by Gasteiger charge is -2.57. The van der Waals surface area contributed by atoms with Crippen molar-refractivity contribution in [3.05, 3.63) is 64.7 Å². The summed E-state index contributed by atoms with van der Waals surface area (Å²) in [6.45, 7) is 4.68. The molecule has 0 spiro atoms. The maximum atomic E-state index is 13.0. The molecule has 1 amide bonds. The Hall–Kier alpha value is -2.82. The number of hydrogen-bond acceptors (Lipinski definition) is 3. The van der Waals surface area contributed by atoms with E-state index in [1.807, 2.05) is 44.2 Å². The topological polar surface area (TPSA) is 75.6 Å². The highest BCUT2D eigenvalue weighted by atomic mass is 16.5. The minimum atomic E-state index is -0.779. The van der Waals surface area contributed by atoms with Crippen molar-refractivity contribution in [2.75, 3.05) is 6.61 Å². The molecule has 0 aromatic heterocycles. The van der Waals surface area contributed by atoms with E-state index in [0.29, 0.717) is 37.0 Å². The van der Waals surface area contributed by atoms with Gasteiger partial charge in [-0.25, -0.2) is 0 Å². The molecule has 2 aromatic rings. The SMILES string of the molecule is CCOc1ccc(C[C@H](CC)C(=O)O)cc1CNC(=O)c1ccc(C23CC4CC(CC(C4)C2)C3)cc1. The first-order valence-electron chi connectivity index (χ1n) is 13.7. The van der Waals surface area contributed by atoms with Crippen molar-refractivity contribution in [2.45, 2.75) is 77.2 Å². The van der Waals surface area contributed by atoms with E-state index >= 15 is 0 Å². The van der Waals surface area contributed by atoms with Crippen LogP contribution in [-0.2, 0) is 23.2 Å². The van der Waals surface area contributed by atoms with Gasteiger partial charge < -0.3 is 15.2 Å². The molecule has 0 saturated heterocycles. The van der Waals surface area contributed by atoms with Crippen molar-refractivity contribution in [1.29, 1.82) is 0 Å². The predicted molar refractivity (Wildman–Crippen MR) is 140 cm³/mol. The van der Waals surface area contributed by atoms with Gasteiger partial charge >= 0.3 is 5.97 Å². The number of carboxylic acid groups (broad SMARTS) is 1. The average Bonchev–Trinajstić information content (AvgIpc) is 2.86. The summed E-state index contributed by atoms with van der Waals surface area (Å²) in [5.41, 5.74) is 4.25. The monoisotopic (exact) mass is 489 g/mol. The Kier molecular flexibility index (Phi) is 7.09. The van der Waals surface area contributed by atoms with E-state index < -0.39 is 11.9 Å². The molecule has 4 fully saturated rings. The largest absolute Gasteiger partial charge is 0.494 e. The van der Waals surface area contributed by atoms with Crippen LogP contribution in [-0.4, -0.2) is 23.6 Å². The van der Waals surface area contributed by atoms with Crippen molar-refractivity contribution < 1.29 is 19.4 Å². The fourth-order valence-electron chi connectivity index (χ4n) is 7.60. The number of hydrogen-bond donors (Lipinski definition) is 2. The number of nitrogens with one attached hydrogen (secondary N) is 1. The number of carbonyl (C=O) groups is 2. The Bertz CT molecular complexity index is 1070. The zero-order valence-electron chi connectivity index (χ0n) is 21.6. The van der Waals surface area contributed by atoms with Crippen molar-refractivity contribution in [3.8, 4) is 5.75 Å². The molecule has 5 heteroatoms. The van der Waals surface area contributed by atoms with Crippen LogP contribution in [0.1, 0.15) is 85.8 Å². The molecule has 192 valence electrons. The number of amides is 1. The van der Waals surface area contributed by atoms with Crippen molar-refractivity contribution in [3.63, 3.8) is 0 Å². The number of aliphatic carboxylic acids is 1. The third kappa shape index (κ3) is 5.02. The Morgan fingerprint density at radius 3 is 2.19 bits per heavy atom. The Labute approximate surface area is 214 Å². The molecule has 4 saturated carbocycles. The quantitative estimate of drug-likeness (QED) is 0.421. The summed E-state index contributed by atoms with van der Waals surface area (Å²) in [4.78, 5) is 24.5. The van der Waals surface area contributed by atoms with E-state index in [1.165, 1.54) is 44.1 Å². The van der Waals surface area contributed by atoms with Crippen LogP contribution >= 0.6 is 0 Å². The van der Waals surface area contributed by atoms with Gasteiger partial charge in [-0.1, -0.05) is 31.2 Å². The highest BCUT2D eigenvalue weighted by Gasteiger charge is 2.51. The summed E-state index contributed by atoms with van der Waals surface area (Å²) in [5, 5.41) is 12.5. The van der Waals surface area contributed by atoms with Crippen LogP contribution in [0.15, 0.2) is 42.5 Å². The molecule has 4 bridgehead atoms. The number of carbonyl (C=O) groups excluding carboxylic acids is 1. The van der Waals surface area contributed by atoms with Crippen molar-refractivity contribution in [1.82, 2.24) is 5.32 Å². The van der Waals surface area contributed by atoms with Gasteiger partial charge in [-0.2, -0.15) is 0 Å². The first-order valence-corrected chi connectivity index (χ1v) is 13.7. The number of carboxylic acids is 1. The molecule has 0 radical (unpaired) electrons.